The minimum Gasteiger partial charge on any atom is -0.420 e. The average Bonchev–Trinajstić information content (AvgIpc) is 3.64. The van der Waals surface area contributed by atoms with Gasteiger partial charge in [-0.1, -0.05) is 23.7 Å². The maximum atomic E-state index is 13.1. The van der Waals surface area contributed by atoms with Crippen LogP contribution in [0, 0.1) is 0 Å². The Kier molecular flexibility index (Phi) is 6.60. The Hall–Kier alpha value is -3.08. The molecule has 206 valence electrons. The second kappa shape index (κ2) is 9.83. The van der Waals surface area contributed by atoms with Gasteiger partial charge >= 0.3 is 12.1 Å². The zero-order valence-corrected chi connectivity index (χ0v) is 21.8. The maximum absolute atomic E-state index is 13.1. The van der Waals surface area contributed by atoms with Crippen molar-refractivity contribution in [1.29, 1.82) is 0 Å². The number of hydrogen-bond donors (Lipinski definition) is 1. The van der Waals surface area contributed by atoms with Gasteiger partial charge in [0.15, 0.2) is 0 Å². The molecule has 2 aromatic carbocycles. The van der Waals surface area contributed by atoms with Gasteiger partial charge in [0, 0.05) is 53.5 Å². The molecule has 1 aromatic heterocycles. The Bertz CT molecular complexity index is 1430. The van der Waals surface area contributed by atoms with Gasteiger partial charge in [-0.25, -0.2) is 4.79 Å². The van der Waals surface area contributed by atoms with E-state index >= 15 is 0 Å². The summed E-state index contributed by atoms with van der Waals surface area (Å²) in [4.78, 5) is 31.2. The van der Waals surface area contributed by atoms with Crippen LogP contribution in [0.3, 0.4) is 0 Å². The van der Waals surface area contributed by atoms with E-state index in [1.54, 1.807) is 12.3 Å². The van der Waals surface area contributed by atoms with Crippen molar-refractivity contribution < 1.29 is 32.2 Å². The number of benzene rings is 2. The number of carbonyl (C=O) groups is 2. The maximum Gasteiger partial charge on any atom is 0.491 e. The van der Waals surface area contributed by atoms with E-state index in [4.69, 9.17) is 21.1 Å². The summed E-state index contributed by atoms with van der Waals surface area (Å²) in [6, 6.07) is 10.7. The molecule has 7 nitrogen and oxygen atoms in total. The van der Waals surface area contributed by atoms with Crippen molar-refractivity contribution in [2.45, 2.75) is 50.0 Å². The van der Waals surface area contributed by atoms with Crippen molar-refractivity contribution in [1.82, 2.24) is 14.8 Å². The standard InChI is InChI=1S/C28H27ClF3N3O4/c29-22-11-19(14-34-9-6-27(7-10-34)16-35(20-3-4-20)25(36)15-38-27)24(39-26(37)28(30,31)32)13-21(22)18-2-1-17-5-8-33-23(17)12-18/h1-2,5,8,11-13,20,33H,3-4,6-7,9-10,14-16H2. The molecule has 1 spiro atoms. The van der Waals surface area contributed by atoms with E-state index < -0.39 is 17.7 Å². The summed E-state index contributed by atoms with van der Waals surface area (Å²) in [6.45, 7) is 2.13. The Morgan fingerprint density at radius 2 is 1.92 bits per heavy atom. The molecular formula is C28H27ClF3N3O4. The number of fused-ring (bicyclic) bond motifs is 1. The van der Waals surface area contributed by atoms with Crippen LogP contribution in [0.25, 0.3) is 22.0 Å². The van der Waals surface area contributed by atoms with Crippen LogP contribution in [0.15, 0.2) is 42.6 Å². The Morgan fingerprint density at radius 3 is 2.64 bits per heavy atom. The van der Waals surface area contributed by atoms with Gasteiger partial charge < -0.3 is 19.4 Å². The second-order valence-electron chi connectivity index (χ2n) is 10.6. The van der Waals surface area contributed by atoms with E-state index in [2.05, 4.69) is 9.88 Å². The average molecular weight is 562 g/mol. The molecule has 6 rings (SSSR count). The number of carbonyl (C=O) groups excluding carboxylic acids is 2. The minimum absolute atomic E-state index is 0.0341. The van der Waals surface area contributed by atoms with Crippen LogP contribution < -0.4 is 4.74 Å². The van der Waals surface area contributed by atoms with Gasteiger partial charge in [0.2, 0.25) is 5.91 Å². The molecule has 3 fully saturated rings. The summed E-state index contributed by atoms with van der Waals surface area (Å²) in [6.07, 6.45) is 0.0807. The molecule has 1 amide bonds. The van der Waals surface area contributed by atoms with Crippen molar-refractivity contribution >= 4 is 34.4 Å². The fourth-order valence-electron chi connectivity index (χ4n) is 5.53. The zero-order chi connectivity index (χ0) is 27.4. The number of ether oxygens (including phenoxy) is 2. The van der Waals surface area contributed by atoms with Gasteiger partial charge in [-0.15, -0.1) is 0 Å². The molecule has 2 saturated heterocycles. The molecule has 11 heteroatoms. The lowest BCUT2D eigenvalue weighted by Crippen LogP contribution is -2.59. The number of alkyl halides is 3. The number of likely N-dealkylation sites (tertiary alicyclic amines) is 1. The van der Waals surface area contributed by atoms with Crippen LogP contribution in [0.1, 0.15) is 31.2 Å². The van der Waals surface area contributed by atoms with E-state index in [0.29, 0.717) is 60.2 Å². The second-order valence-corrected chi connectivity index (χ2v) is 11.0. The summed E-state index contributed by atoms with van der Waals surface area (Å²) < 4.78 is 50.3. The third kappa shape index (κ3) is 5.37. The molecule has 0 radical (unpaired) electrons. The highest BCUT2D eigenvalue weighted by Crippen LogP contribution is 2.39. The van der Waals surface area contributed by atoms with E-state index in [9.17, 15) is 22.8 Å². The zero-order valence-electron chi connectivity index (χ0n) is 21.0. The summed E-state index contributed by atoms with van der Waals surface area (Å²) in [5.74, 6) is -2.43. The van der Waals surface area contributed by atoms with Gasteiger partial charge in [0.25, 0.3) is 0 Å². The van der Waals surface area contributed by atoms with E-state index in [1.807, 2.05) is 29.2 Å². The molecule has 3 heterocycles. The summed E-state index contributed by atoms with van der Waals surface area (Å²) in [7, 11) is 0. The van der Waals surface area contributed by atoms with Gasteiger partial charge in [-0.2, -0.15) is 13.2 Å². The van der Waals surface area contributed by atoms with E-state index in [0.717, 1.165) is 23.7 Å². The SMILES string of the molecule is O=C1COC2(CCN(Cc3cc(Cl)c(-c4ccc5cc[nH]c5c4)cc3OC(=O)C(F)(F)F)CC2)CN1C1CC1. The van der Waals surface area contributed by atoms with Crippen molar-refractivity contribution in [2.24, 2.45) is 0 Å². The van der Waals surface area contributed by atoms with Gasteiger partial charge in [-0.05, 0) is 60.9 Å². The molecule has 2 aliphatic heterocycles. The molecule has 1 N–H and O–H groups in total. The Labute approximate surface area is 227 Å². The first kappa shape index (κ1) is 26.2. The minimum atomic E-state index is -5.14. The van der Waals surface area contributed by atoms with Crippen LogP contribution in [0.2, 0.25) is 5.02 Å². The van der Waals surface area contributed by atoms with Crippen LogP contribution in [-0.4, -0.2) is 70.7 Å². The first-order chi connectivity index (χ1) is 18.6. The largest absolute Gasteiger partial charge is 0.491 e. The third-order valence-corrected chi connectivity index (χ3v) is 8.19. The van der Waals surface area contributed by atoms with Crippen molar-refractivity contribution in [3.63, 3.8) is 0 Å². The topological polar surface area (TPSA) is 74.9 Å². The predicted molar refractivity (Wildman–Crippen MR) is 138 cm³/mol. The highest BCUT2D eigenvalue weighted by atomic mass is 35.5. The first-order valence-electron chi connectivity index (χ1n) is 12.9. The number of morpholine rings is 1. The fraction of sp³-hybridized carbons (Fsp3) is 0.429. The summed E-state index contributed by atoms with van der Waals surface area (Å²) >= 11 is 6.64. The monoisotopic (exact) mass is 561 g/mol. The van der Waals surface area contributed by atoms with Gasteiger partial charge in [-0.3, -0.25) is 9.69 Å². The van der Waals surface area contributed by atoms with Crippen LogP contribution in [0.5, 0.6) is 5.75 Å². The smallest absolute Gasteiger partial charge is 0.420 e. The number of H-pyrrole nitrogens is 1. The van der Waals surface area contributed by atoms with Crippen molar-refractivity contribution in [3.8, 4) is 16.9 Å². The lowest BCUT2D eigenvalue weighted by atomic mass is 9.89. The Balaban J connectivity index is 1.23. The molecule has 0 atom stereocenters. The first-order valence-corrected chi connectivity index (χ1v) is 13.3. The normalized spacial score (nSPS) is 20.1. The molecule has 3 aliphatic rings. The van der Waals surface area contributed by atoms with Crippen molar-refractivity contribution in [3.05, 3.63) is 53.2 Å². The number of piperidine rings is 1. The number of rotatable bonds is 5. The molecule has 0 unspecified atom stereocenters. The van der Waals surface area contributed by atoms with Gasteiger partial charge in [0.1, 0.15) is 12.4 Å². The molecule has 1 saturated carbocycles. The quantitative estimate of drug-likeness (QED) is 0.337. The lowest BCUT2D eigenvalue weighted by Gasteiger charge is -2.47. The van der Waals surface area contributed by atoms with E-state index in [1.165, 1.54) is 6.07 Å². The fourth-order valence-corrected chi connectivity index (χ4v) is 5.83. The molecule has 39 heavy (non-hydrogen) atoms. The predicted octanol–water partition coefficient (Wildman–Crippen LogP) is 5.31. The number of aromatic nitrogens is 1. The molecule has 0 bridgehead atoms. The number of amides is 1. The number of aromatic amines is 1. The molecule has 1 aliphatic carbocycles. The van der Waals surface area contributed by atoms with E-state index in [-0.39, 0.29) is 24.8 Å². The molecule has 3 aromatic rings. The van der Waals surface area contributed by atoms with Crippen LogP contribution >= 0.6 is 11.6 Å². The highest BCUT2D eigenvalue weighted by molar-refractivity contribution is 6.33. The van der Waals surface area contributed by atoms with Crippen LogP contribution in [0.4, 0.5) is 13.2 Å². The van der Waals surface area contributed by atoms with Crippen molar-refractivity contribution in [2.75, 3.05) is 26.2 Å². The third-order valence-electron chi connectivity index (χ3n) is 7.88. The number of halogens is 4. The number of hydrogen-bond acceptors (Lipinski definition) is 5. The summed E-state index contributed by atoms with van der Waals surface area (Å²) in [5, 5.41) is 1.31. The van der Waals surface area contributed by atoms with Gasteiger partial charge in [0.05, 0.1) is 12.1 Å². The number of nitrogens with one attached hydrogen (secondary N) is 1. The number of nitrogens with zero attached hydrogens (tertiary/aromatic N) is 2. The number of esters is 1. The van der Waals surface area contributed by atoms with Crippen LogP contribution in [-0.2, 0) is 20.9 Å². The Morgan fingerprint density at radius 1 is 1.15 bits per heavy atom. The lowest BCUT2D eigenvalue weighted by molar-refractivity contribution is -0.189. The highest BCUT2D eigenvalue weighted by Gasteiger charge is 2.46. The molecular weight excluding hydrogens is 535 g/mol. The summed E-state index contributed by atoms with van der Waals surface area (Å²) in [5.41, 5.74) is 1.96.